The molecule has 1 atom stereocenters. The monoisotopic (exact) mass is 373 g/mol. The number of carbonyl (C=O) groups excluding carboxylic acids is 1. The Morgan fingerprint density at radius 1 is 1.11 bits per heavy atom. The predicted molar refractivity (Wildman–Crippen MR) is 99.4 cm³/mol. The topological polar surface area (TPSA) is 20.3 Å². The Bertz CT molecular complexity index is 799. The maximum Gasteiger partial charge on any atom is 0.416 e. The standard InChI is InChI=1S/C22H22F3NO/c1-2-12-21(15-17-8-10-19(11-9-17)22(23,24)25)13-14-26(16-21)20(27)18-6-4-3-5-7-18/h2-11H,1,12-16H2/t21-/m1/s1. The molecule has 3 rings (SSSR count). The lowest BCUT2D eigenvalue weighted by Gasteiger charge is -2.28. The lowest BCUT2D eigenvalue weighted by Crippen LogP contribution is -2.33. The average Bonchev–Trinajstić information content (AvgIpc) is 3.05. The molecular formula is C22H22F3NO. The van der Waals surface area contributed by atoms with Gasteiger partial charge in [0.05, 0.1) is 5.56 Å². The van der Waals surface area contributed by atoms with Crippen molar-refractivity contribution in [2.45, 2.75) is 25.4 Å². The van der Waals surface area contributed by atoms with E-state index in [1.807, 2.05) is 29.2 Å². The molecule has 1 fully saturated rings. The summed E-state index contributed by atoms with van der Waals surface area (Å²) < 4.78 is 38.3. The van der Waals surface area contributed by atoms with Crippen molar-refractivity contribution in [2.75, 3.05) is 13.1 Å². The first-order chi connectivity index (χ1) is 12.8. The fraction of sp³-hybridized carbons (Fsp3) is 0.318. The number of rotatable bonds is 5. The Kier molecular flexibility index (Phi) is 5.40. The Morgan fingerprint density at radius 3 is 2.37 bits per heavy atom. The van der Waals surface area contributed by atoms with Gasteiger partial charge >= 0.3 is 6.18 Å². The summed E-state index contributed by atoms with van der Waals surface area (Å²) in [5.41, 5.74) is 0.669. The number of hydrogen-bond donors (Lipinski definition) is 0. The van der Waals surface area contributed by atoms with Crippen LogP contribution in [0.4, 0.5) is 13.2 Å². The molecule has 1 aliphatic rings. The molecular weight excluding hydrogens is 351 g/mol. The summed E-state index contributed by atoms with van der Waals surface area (Å²) >= 11 is 0. The SMILES string of the molecule is C=CC[C@]1(Cc2ccc(C(F)(F)F)cc2)CCN(C(=O)c2ccccc2)C1. The van der Waals surface area contributed by atoms with Gasteiger partial charge in [-0.05, 0) is 54.5 Å². The summed E-state index contributed by atoms with van der Waals surface area (Å²) in [5, 5.41) is 0. The van der Waals surface area contributed by atoms with Gasteiger partial charge < -0.3 is 4.90 Å². The van der Waals surface area contributed by atoms with Crippen LogP contribution in [-0.4, -0.2) is 23.9 Å². The Hall–Kier alpha value is -2.56. The van der Waals surface area contributed by atoms with Gasteiger partial charge in [0.1, 0.15) is 0 Å². The van der Waals surface area contributed by atoms with Crippen molar-refractivity contribution in [3.8, 4) is 0 Å². The lowest BCUT2D eigenvalue weighted by atomic mass is 9.78. The van der Waals surface area contributed by atoms with Gasteiger partial charge in [-0.3, -0.25) is 4.79 Å². The summed E-state index contributed by atoms with van der Waals surface area (Å²) in [5.74, 6) is -0.00560. The minimum absolute atomic E-state index is 0.00560. The second-order valence-electron chi connectivity index (χ2n) is 7.21. The normalized spacial score (nSPS) is 19.9. The third-order valence-electron chi connectivity index (χ3n) is 5.18. The highest BCUT2D eigenvalue weighted by Crippen LogP contribution is 2.39. The number of likely N-dealkylation sites (tertiary alicyclic amines) is 1. The van der Waals surface area contributed by atoms with Gasteiger partial charge in [-0.15, -0.1) is 6.58 Å². The number of hydrogen-bond acceptors (Lipinski definition) is 1. The second-order valence-corrected chi connectivity index (χ2v) is 7.21. The maximum atomic E-state index is 12.8. The van der Waals surface area contributed by atoms with Crippen LogP contribution in [0.2, 0.25) is 0 Å². The Morgan fingerprint density at radius 2 is 1.78 bits per heavy atom. The molecule has 0 unspecified atom stereocenters. The smallest absolute Gasteiger partial charge is 0.338 e. The molecule has 0 spiro atoms. The minimum atomic E-state index is -4.33. The molecule has 1 amide bonds. The Balaban J connectivity index is 1.75. The van der Waals surface area contributed by atoms with E-state index in [0.717, 1.165) is 24.1 Å². The molecule has 0 aromatic heterocycles. The molecule has 0 N–H and O–H groups in total. The molecule has 2 nitrogen and oxygen atoms in total. The van der Waals surface area contributed by atoms with Crippen molar-refractivity contribution in [3.05, 3.63) is 83.9 Å². The van der Waals surface area contributed by atoms with Crippen LogP contribution in [0.25, 0.3) is 0 Å². The molecule has 0 radical (unpaired) electrons. The van der Waals surface area contributed by atoms with Gasteiger partial charge in [-0.1, -0.05) is 36.4 Å². The minimum Gasteiger partial charge on any atom is -0.338 e. The van der Waals surface area contributed by atoms with Crippen molar-refractivity contribution in [1.82, 2.24) is 4.90 Å². The van der Waals surface area contributed by atoms with Crippen LogP contribution in [0.15, 0.2) is 67.3 Å². The van der Waals surface area contributed by atoms with Gasteiger partial charge in [0.2, 0.25) is 0 Å². The molecule has 1 aliphatic heterocycles. The first kappa shape index (κ1) is 19.2. The molecule has 1 heterocycles. The fourth-order valence-electron chi connectivity index (χ4n) is 3.81. The first-order valence-electron chi connectivity index (χ1n) is 8.94. The molecule has 1 saturated heterocycles. The van der Waals surface area contributed by atoms with Crippen molar-refractivity contribution < 1.29 is 18.0 Å². The van der Waals surface area contributed by atoms with Crippen LogP contribution in [-0.2, 0) is 12.6 Å². The zero-order valence-corrected chi connectivity index (χ0v) is 15.0. The number of allylic oxidation sites excluding steroid dienone is 1. The summed E-state index contributed by atoms with van der Waals surface area (Å²) in [6, 6.07) is 14.5. The van der Waals surface area contributed by atoms with Crippen molar-refractivity contribution in [2.24, 2.45) is 5.41 Å². The average molecular weight is 373 g/mol. The van der Waals surface area contributed by atoms with E-state index in [1.54, 1.807) is 12.1 Å². The number of alkyl halides is 3. The largest absolute Gasteiger partial charge is 0.416 e. The lowest BCUT2D eigenvalue weighted by molar-refractivity contribution is -0.137. The summed E-state index contributed by atoms with van der Waals surface area (Å²) in [4.78, 5) is 14.6. The van der Waals surface area contributed by atoms with Crippen LogP contribution in [0.5, 0.6) is 0 Å². The number of nitrogens with zero attached hydrogens (tertiary/aromatic N) is 1. The van der Waals surface area contributed by atoms with E-state index in [9.17, 15) is 18.0 Å². The van der Waals surface area contributed by atoms with Gasteiger partial charge in [-0.25, -0.2) is 0 Å². The number of carbonyl (C=O) groups is 1. The van der Waals surface area contributed by atoms with Crippen LogP contribution in [0.3, 0.4) is 0 Å². The molecule has 27 heavy (non-hydrogen) atoms. The van der Waals surface area contributed by atoms with Crippen molar-refractivity contribution >= 4 is 5.91 Å². The Labute approximate surface area is 157 Å². The van der Waals surface area contributed by atoms with E-state index in [2.05, 4.69) is 6.58 Å². The molecule has 0 aliphatic carbocycles. The number of benzene rings is 2. The van der Waals surface area contributed by atoms with Gasteiger partial charge in [0.25, 0.3) is 5.91 Å². The second kappa shape index (κ2) is 7.59. The molecule has 0 bridgehead atoms. The molecule has 2 aromatic rings. The zero-order chi connectivity index (χ0) is 19.5. The van der Waals surface area contributed by atoms with Gasteiger partial charge in [-0.2, -0.15) is 13.2 Å². The third-order valence-corrected chi connectivity index (χ3v) is 5.18. The van der Waals surface area contributed by atoms with Gasteiger partial charge in [0.15, 0.2) is 0 Å². The van der Waals surface area contributed by atoms with Crippen LogP contribution in [0.1, 0.15) is 34.3 Å². The van der Waals surface area contributed by atoms with Crippen LogP contribution >= 0.6 is 0 Å². The van der Waals surface area contributed by atoms with Crippen LogP contribution < -0.4 is 0 Å². The van der Waals surface area contributed by atoms with E-state index >= 15 is 0 Å². The predicted octanol–water partition coefficient (Wildman–Crippen LogP) is 5.36. The molecule has 2 aromatic carbocycles. The van der Waals surface area contributed by atoms with E-state index in [-0.39, 0.29) is 11.3 Å². The molecule has 5 heteroatoms. The fourth-order valence-corrected chi connectivity index (χ4v) is 3.81. The zero-order valence-electron chi connectivity index (χ0n) is 15.0. The summed E-state index contributed by atoms with van der Waals surface area (Å²) in [6.07, 6.45) is -0.356. The first-order valence-corrected chi connectivity index (χ1v) is 8.94. The van der Waals surface area contributed by atoms with Gasteiger partial charge in [0, 0.05) is 18.7 Å². The van der Waals surface area contributed by atoms with Crippen molar-refractivity contribution in [1.29, 1.82) is 0 Å². The highest BCUT2D eigenvalue weighted by Gasteiger charge is 2.39. The van der Waals surface area contributed by atoms with E-state index in [0.29, 0.717) is 31.5 Å². The third kappa shape index (κ3) is 4.41. The maximum absolute atomic E-state index is 12.8. The quantitative estimate of drug-likeness (QED) is 0.647. The van der Waals surface area contributed by atoms with Crippen molar-refractivity contribution in [3.63, 3.8) is 0 Å². The highest BCUT2D eigenvalue weighted by molar-refractivity contribution is 5.94. The van der Waals surface area contributed by atoms with E-state index < -0.39 is 11.7 Å². The van der Waals surface area contributed by atoms with E-state index in [1.165, 1.54) is 12.1 Å². The highest BCUT2D eigenvalue weighted by atomic mass is 19.4. The number of halogens is 3. The van der Waals surface area contributed by atoms with E-state index in [4.69, 9.17) is 0 Å². The molecule has 142 valence electrons. The van der Waals surface area contributed by atoms with Crippen LogP contribution in [0, 0.1) is 5.41 Å². The number of amides is 1. The summed E-state index contributed by atoms with van der Waals surface area (Å²) in [7, 11) is 0. The summed E-state index contributed by atoms with van der Waals surface area (Å²) in [6.45, 7) is 5.05. The molecule has 0 saturated carbocycles.